The number of anilines is 1. The summed E-state index contributed by atoms with van der Waals surface area (Å²) in [7, 11) is -9.22. The smallest absolute Gasteiger partial charge is 0.744 e. The molecule has 0 spiro atoms. The number of hydrogen-bond donors (Lipinski definition) is 1. The van der Waals surface area contributed by atoms with E-state index in [2.05, 4.69) is 10.2 Å². The average molecular weight is 661 g/mol. The molecule has 2 heterocycles. The summed E-state index contributed by atoms with van der Waals surface area (Å²) in [5.74, 6) is -0.427. The molecule has 4 rings (SSSR count). The molecule has 0 saturated carbocycles. The summed E-state index contributed by atoms with van der Waals surface area (Å²) in [6.45, 7) is 3.52. The Balaban J connectivity index is 0.00000308. The van der Waals surface area contributed by atoms with Gasteiger partial charge in [-0.25, -0.2) is 21.5 Å². The van der Waals surface area contributed by atoms with Crippen molar-refractivity contribution in [2.24, 2.45) is 5.10 Å². The minimum absolute atomic E-state index is 0. The van der Waals surface area contributed by atoms with Crippen LogP contribution in [-0.2, 0) is 25.0 Å². The van der Waals surface area contributed by atoms with Gasteiger partial charge in [-0.1, -0.05) is 25.2 Å². The second-order valence-electron chi connectivity index (χ2n) is 8.53. The number of nitrogens with zero attached hydrogens (tertiary/aromatic N) is 3. The zero-order chi connectivity index (χ0) is 29.2. The number of amides is 1. The van der Waals surface area contributed by atoms with E-state index in [0.29, 0.717) is 40.3 Å². The molecule has 0 radical (unpaired) electrons. The fourth-order valence-corrected chi connectivity index (χ4v) is 4.82. The zero-order valence-electron chi connectivity index (χ0n) is 23.1. The van der Waals surface area contributed by atoms with E-state index < -0.39 is 41.5 Å². The first-order valence-corrected chi connectivity index (χ1v) is 14.5. The van der Waals surface area contributed by atoms with Gasteiger partial charge in [0.1, 0.15) is 20.2 Å². The summed E-state index contributed by atoms with van der Waals surface area (Å²) < 4.78 is 68.1. The zero-order valence-corrected chi connectivity index (χ0v) is 31.0. The Labute approximate surface area is 327 Å². The van der Waals surface area contributed by atoms with Crippen molar-refractivity contribution >= 4 is 43.6 Å². The summed E-state index contributed by atoms with van der Waals surface area (Å²) in [5.41, 5.74) is 2.00. The van der Waals surface area contributed by atoms with E-state index in [4.69, 9.17) is 0 Å². The van der Waals surface area contributed by atoms with Crippen molar-refractivity contribution < 1.29 is 134 Å². The van der Waals surface area contributed by atoms with Gasteiger partial charge in [-0.15, -0.1) is 0 Å². The quantitative estimate of drug-likeness (QED) is 0.112. The number of hydrazone groups is 1. The van der Waals surface area contributed by atoms with Gasteiger partial charge in [0.15, 0.2) is 0 Å². The van der Waals surface area contributed by atoms with Crippen molar-refractivity contribution in [3.05, 3.63) is 100 Å². The Morgan fingerprint density at radius 2 is 1.36 bits per heavy atom. The largest absolute Gasteiger partial charge is 1.00 e. The topological polar surface area (TPSA) is 185 Å². The molecule has 0 fully saturated rings. The van der Waals surface area contributed by atoms with Crippen LogP contribution >= 0.6 is 0 Å². The SMILES string of the molecule is CCC1=NN(c2ccc(S(=O)(=O)[O-])cc2)C(=O)/C1=C/C=C/C=C/c1c(C)[nH]n(-c2ccc(S(=O)(=O)[O-])cc2)c1=O.[K+].[K+]. The Morgan fingerprint density at radius 3 is 1.86 bits per heavy atom. The minimum atomic E-state index is -4.61. The van der Waals surface area contributed by atoms with Crippen LogP contribution in [0.5, 0.6) is 0 Å². The van der Waals surface area contributed by atoms with Crippen molar-refractivity contribution in [3.8, 4) is 5.69 Å². The third-order valence-electron chi connectivity index (χ3n) is 5.91. The summed E-state index contributed by atoms with van der Waals surface area (Å²) in [4.78, 5) is 25.0. The fraction of sp³-hybridized carbons (Fsp3) is 0.115. The molecule has 1 N–H and O–H groups in total. The Morgan fingerprint density at radius 1 is 0.833 bits per heavy atom. The number of aryl methyl sites for hydroxylation is 1. The summed E-state index contributed by atoms with van der Waals surface area (Å²) in [6, 6.07) is 9.81. The van der Waals surface area contributed by atoms with E-state index in [9.17, 15) is 35.5 Å². The number of benzene rings is 2. The van der Waals surface area contributed by atoms with Gasteiger partial charge >= 0.3 is 103 Å². The summed E-state index contributed by atoms with van der Waals surface area (Å²) >= 11 is 0. The van der Waals surface area contributed by atoms with Gasteiger partial charge in [0.2, 0.25) is 0 Å². The number of hydrogen-bond acceptors (Lipinski definition) is 9. The number of aromatic amines is 1. The van der Waals surface area contributed by atoms with E-state index in [1.807, 2.05) is 6.92 Å². The third kappa shape index (κ3) is 8.54. The molecule has 12 nitrogen and oxygen atoms in total. The molecule has 42 heavy (non-hydrogen) atoms. The van der Waals surface area contributed by atoms with Crippen LogP contribution in [0.3, 0.4) is 0 Å². The van der Waals surface area contributed by atoms with Gasteiger partial charge in [0.05, 0.1) is 38.0 Å². The van der Waals surface area contributed by atoms with Crippen LogP contribution in [0, 0.1) is 6.92 Å². The Bertz CT molecular complexity index is 1870. The second kappa shape index (κ2) is 15.3. The number of H-pyrrole nitrogens is 1. The van der Waals surface area contributed by atoms with E-state index in [0.717, 1.165) is 29.3 Å². The first kappa shape index (κ1) is 37.1. The van der Waals surface area contributed by atoms with Gasteiger partial charge in [-0.3, -0.25) is 14.7 Å². The molecule has 1 aromatic heterocycles. The van der Waals surface area contributed by atoms with Crippen LogP contribution in [0.25, 0.3) is 11.8 Å². The molecular weight excluding hydrogens is 639 g/mol. The molecule has 0 bridgehead atoms. The van der Waals surface area contributed by atoms with Gasteiger partial charge in [-0.05, 0) is 74.0 Å². The maximum Gasteiger partial charge on any atom is 1.00 e. The van der Waals surface area contributed by atoms with E-state index in [1.165, 1.54) is 28.9 Å². The van der Waals surface area contributed by atoms with Crippen molar-refractivity contribution in [1.29, 1.82) is 0 Å². The molecule has 3 aromatic rings. The molecule has 1 amide bonds. The van der Waals surface area contributed by atoms with Crippen LogP contribution in [0.1, 0.15) is 24.6 Å². The van der Waals surface area contributed by atoms with Crippen molar-refractivity contribution in [3.63, 3.8) is 0 Å². The molecule has 0 unspecified atom stereocenters. The monoisotopic (exact) mass is 660 g/mol. The van der Waals surface area contributed by atoms with E-state index in [-0.39, 0.29) is 103 Å². The van der Waals surface area contributed by atoms with Crippen molar-refractivity contribution in [2.45, 2.75) is 30.1 Å². The van der Waals surface area contributed by atoms with Crippen LogP contribution < -0.4 is 113 Å². The number of carbonyl (C=O) groups is 1. The van der Waals surface area contributed by atoms with Crippen LogP contribution in [0.4, 0.5) is 5.69 Å². The Kier molecular flexibility index (Phi) is 13.5. The predicted octanol–water partition coefficient (Wildman–Crippen LogP) is -3.40. The maximum absolute atomic E-state index is 13.0. The fourth-order valence-electron chi connectivity index (χ4n) is 3.88. The third-order valence-corrected chi connectivity index (χ3v) is 7.61. The summed E-state index contributed by atoms with van der Waals surface area (Å²) in [5, 5.41) is 8.33. The standard InChI is InChI=1S/C26H24N4O8S2.2K/c1-3-24-23(26(32)30(28-24)19-11-15-21(16-12-19)40(36,37)38)8-6-4-5-7-22-17(2)27-29(25(22)31)18-9-13-20(14-10-18)39(33,34)35;;/h4-16,27H,3H2,1-2H3,(H,33,34,35)(H,36,37,38);;/q;2*+1/p-2/b6-4+,7-5+,23-8+;;. The van der Waals surface area contributed by atoms with E-state index >= 15 is 0 Å². The molecule has 0 atom stereocenters. The first-order chi connectivity index (χ1) is 18.8. The minimum Gasteiger partial charge on any atom is -0.744 e. The molecular formula is C26H22K2N4O8S2. The second-order valence-corrected chi connectivity index (χ2v) is 11.3. The molecule has 16 heteroatoms. The average Bonchev–Trinajstić information content (AvgIpc) is 3.38. The van der Waals surface area contributed by atoms with E-state index in [1.54, 1.807) is 37.3 Å². The van der Waals surface area contributed by atoms with Crippen molar-refractivity contribution in [1.82, 2.24) is 9.78 Å². The first-order valence-electron chi connectivity index (χ1n) is 11.7. The van der Waals surface area contributed by atoms with Crippen LogP contribution in [-0.4, -0.2) is 47.3 Å². The van der Waals surface area contributed by atoms with Gasteiger partial charge < -0.3 is 9.11 Å². The molecule has 1 aliphatic heterocycles. The normalized spacial score (nSPS) is 14.9. The molecule has 0 aliphatic carbocycles. The number of nitrogens with one attached hydrogen (secondary N) is 1. The number of rotatable bonds is 8. The Hall–Kier alpha value is -1.10. The van der Waals surface area contributed by atoms with Gasteiger partial charge in [0.25, 0.3) is 11.5 Å². The molecule has 1 aliphatic rings. The number of aromatic nitrogens is 2. The molecule has 2 aromatic carbocycles. The predicted molar refractivity (Wildman–Crippen MR) is 145 cm³/mol. The summed E-state index contributed by atoms with van der Waals surface area (Å²) in [6.07, 6.45) is 8.42. The van der Waals surface area contributed by atoms with Gasteiger partial charge in [0, 0.05) is 5.69 Å². The molecule has 0 saturated heterocycles. The molecule has 208 valence electrons. The number of allylic oxidation sites excluding steroid dienone is 4. The van der Waals surface area contributed by atoms with Crippen LogP contribution in [0.2, 0.25) is 0 Å². The maximum atomic E-state index is 13.0. The van der Waals surface area contributed by atoms with Gasteiger partial charge in [-0.2, -0.15) is 10.1 Å². The number of carbonyl (C=O) groups excluding carboxylic acids is 1. The van der Waals surface area contributed by atoms with Crippen molar-refractivity contribution in [2.75, 3.05) is 5.01 Å². The van der Waals surface area contributed by atoms with Crippen LogP contribution in [0.15, 0.2) is 98.1 Å².